The summed E-state index contributed by atoms with van der Waals surface area (Å²) in [5, 5.41) is 29.5. The van der Waals surface area contributed by atoms with E-state index >= 15 is 0 Å². The lowest BCUT2D eigenvalue weighted by Crippen LogP contribution is -2.24. The Hall–Kier alpha value is -9.56. The van der Waals surface area contributed by atoms with Gasteiger partial charge < -0.3 is 60.1 Å². The first-order valence-corrected chi connectivity index (χ1v) is 28.2. The molecule has 2 atom stereocenters. The van der Waals surface area contributed by atoms with E-state index in [9.17, 15) is 29.4 Å². The number of aromatic amines is 2. The molecule has 2 amide bonds. The number of benzene rings is 2. The van der Waals surface area contributed by atoms with Gasteiger partial charge in [-0.15, -0.1) is 10.2 Å². The van der Waals surface area contributed by atoms with Gasteiger partial charge in [0.05, 0.1) is 109 Å². The standard InChI is InChI=1S/2C28H32N6O4.2C2H5NO2/c2*1-16(15-35)38-19-11-9-17(10-12-19)22-23-25-21(33(3)28(36)34(25)18-7-5-6-8-18)13-29-26(23)30-24(22)20-14-32(2)31-27(20)37-4;2*1-5-2(3)4/h2*9-14,16,18,35H,5-8,15H2,1-4H3,(H,29,30);2*1H3,(H2,3,4)/t16-;;;/m0.../s1. The number of ether oxygens (including phenoxy) is 6. The second kappa shape index (κ2) is 26.1. The fraction of sp³-hybridized carbons (Fsp3) is 0.400. The maximum atomic E-state index is 13.5. The summed E-state index contributed by atoms with van der Waals surface area (Å²) in [4.78, 5) is 62.4. The number of H-pyrrole nitrogens is 2. The highest BCUT2D eigenvalue weighted by Gasteiger charge is 2.31. The highest BCUT2D eigenvalue weighted by molar-refractivity contribution is 6.15. The molecule has 456 valence electrons. The van der Waals surface area contributed by atoms with Crippen molar-refractivity contribution in [2.45, 2.75) is 89.5 Å². The number of carbonyl (C=O) groups excluding carboxylic acids is 2. The number of aromatic nitrogens is 12. The van der Waals surface area contributed by atoms with Crippen molar-refractivity contribution >= 4 is 56.3 Å². The van der Waals surface area contributed by atoms with Crippen LogP contribution in [0.3, 0.4) is 0 Å². The van der Waals surface area contributed by atoms with Crippen LogP contribution in [-0.2, 0) is 37.7 Å². The molecule has 26 heteroatoms. The third kappa shape index (κ3) is 12.1. The van der Waals surface area contributed by atoms with E-state index in [1.807, 2.05) is 112 Å². The van der Waals surface area contributed by atoms with Gasteiger partial charge in [0.1, 0.15) is 35.0 Å². The number of nitrogens with zero attached hydrogens (tertiary/aromatic N) is 10. The van der Waals surface area contributed by atoms with E-state index in [1.54, 1.807) is 45.1 Å². The summed E-state index contributed by atoms with van der Waals surface area (Å²) >= 11 is 0. The number of aryl methyl sites for hydroxylation is 4. The Morgan fingerprint density at radius 3 is 1.23 bits per heavy atom. The molecular weight excluding hydrogens is 1110 g/mol. The molecule has 0 spiro atoms. The predicted molar refractivity (Wildman–Crippen MR) is 325 cm³/mol. The van der Waals surface area contributed by atoms with E-state index in [1.165, 1.54) is 14.2 Å². The largest absolute Gasteiger partial charge is 0.488 e. The Kier molecular flexibility index (Phi) is 18.6. The molecule has 2 aliphatic rings. The minimum Gasteiger partial charge on any atom is -0.488 e. The molecule has 12 rings (SSSR count). The molecule has 0 aliphatic heterocycles. The van der Waals surface area contributed by atoms with Gasteiger partial charge in [0, 0.05) is 63.8 Å². The zero-order valence-corrected chi connectivity index (χ0v) is 49.9. The molecule has 8 N–H and O–H groups in total. The Bertz CT molecular complexity index is 3880. The quantitative estimate of drug-likeness (QED) is 0.0606. The second-order valence-corrected chi connectivity index (χ2v) is 21.2. The van der Waals surface area contributed by atoms with Crippen LogP contribution >= 0.6 is 0 Å². The van der Waals surface area contributed by atoms with E-state index in [0.717, 1.165) is 129 Å². The van der Waals surface area contributed by atoms with Gasteiger partial charge in [0.25, 0.3) is 0 Å². The highest BCUT2D eigenvalue weighted by atomic mass is 16.5. The Morgan fingerprint density at radius 2 is 0.930 bits per heavy atom. The number of imidazole rings is 2. The highest BCUT2D eigenvalue weighted by Crippen LogP contribution is 2.47. The fourth-order valence-corrected chi connectivity index (χ4v) is 11.5. The van der Waals surface area contributed by atoms with Crippen LogP contribution in [0.25, 0.3) is 88.9 Å². The molecule has 1 unspecified atom stereocenters. The predicted octanol–water partition coefficient (Wildman–Crippen LogP) is 7.76. The van der Waals surface area contributed by atoms with Gasteiger partial charge in [-0.2, -0.15) is 0 Å². The van der Waals surface area contributed by atoms with Gasteiger partial charge in [0.15, 0.2) is 0 Å². The molecule has 8 aromatic heterocycles. The first-order chi connectivity index (χ1) is 41.4. The van der Waals surface area contributed by atoms with Gasteiger partial charge in [-0.25, -0.2) is 29.1 Å². The molecule has 8 heterocycles. The number of pyridine rings is 2. The number of hydrogen-bond donors (Lipinski definition) is 6. The first-order valence-electron chi connectivity index (χ1n) is 28.2. The van der Waals surface area contributed by atoms with Crippen molar-refractivity contribution in [3.8, 4) is 68.0 Å². The number of carbonyl (C=O) groups is 2. The molecule has 2 fully saturated rings. The average Bonchev–Trinajstić information content (AvgIpc) is 1.96. The van der Waals surface area contributed by atoms with Crippen molar-refractivity contribution in [1.82, 2.24) is 57.8 Å². The smallest absolute Gasteiger partial charge is 0.404 e. The van der Waals surface area contributed by atoms with Crippen LogP contribution in [0.1, 0.15) is 77.3 Å². The first kappa shape index (κ1) is 61.0. The van der Waals surface area contributed by atoms with Crippen LogP contribution in [0, 0.1) is 0 Å². The van der Waals surface area contributed by atoms with Crippen molar-refractivity contribution in [2.24, 2.45) is 39.7 Å². The summed E-state index contributed by atoms with van der Waals surface area (Å²) in [5.74, 6) is 2.33. The van der Waals surface area contributed by atoms with E-state index in [0.29, 0.717) is 34.6 Å². The number of rotatable bonds is 14. The number of fused-ring (bicyclic) bond motifs is 6. The van der Waals surface area contributed by atoms with Gasteiger partial charge in [0.2, 0.25) is 11.8 Å². The van der Waals surface area contributed by atoms with Crippen LogP contribution in [0.15, 0.2) is 82.9 Å². The maximum absolute atomic E-state index is 13.5. The summed E-state index contributed by atoms with van der Waals surface area (Å²) in [5.41, 5.74) is 20.5. The maximum Gasteiger partial charge on any atom is 0.404 e. The number of amides is 2. The number of nitrogens with two attached hydrogens (primary N) is 2. The van der Waals surface area contributed by atoms with Gasteiger partial charge in [-0.3, -0.25) is 27.6 Å². The number of aliphatic hydroxyl groups is 2. The number of methoxy groups -OCH3 is 4. The fourth-order valence-electron chi connectivity index (χ4n) is 11.5. The van der Waals surface area contributed by atoms with Gasteiger partial charge in [-0.1, -0.05) is 49.9 Å². The van der Waals surface area contributed by atoms with E-state index < -0.39 is 12.2 Å². The minimum absolute atomic E-state index is 0.0180. The summed E-state index contributed by atoms with van der Waals surface area (Å²) < 4.78 is 41.4. The molecular formula is C60H74N14O12. The van der Waals surface area contributed by atoms with Crippen molar-refractivity contribution in [3.05, 3.63) is 94.3 Å². The second-order valence-electron chi connectivity index (χ2n) is 21.2. The van der Waals surface area contributed by atoms with Crippen LogP contribution in [-0.4, -0.2) is 134 Å². The summed E-state index contributed by atoms with van der Waals surface area (Å²) in [6, 6.07) is 15.9. The monoisotopic (exact) mass is 1180 g/mol. The van der Waals surface area contributed by atoms with Crippen LogP contribution in [0.4, 0.5) is 9.59 Å². The summed E-state index contributed by atoms with van der Waals surface area (Å²) in [7, 11) is 13.0. The number of primary amides is 2. The zero-order chi connectivity index (χ0) is 61.7. The summed E-state index contributed by atoms with van der Waals surface area (Å²) in [6.07, 6.45) is 13.7. The Balaban J connectivity index is 0.000000178. The van der Waals surface area contributed by atoms with Gasteiger partial charge in [-0.05, 0) is 74.9 Å². The Morgan fingerprint density at radius 1 is 0.593 bits per heavy atom. The van der Waals surface area contributed by atoms with E-state index in [-0.39, 0.29) is 48.9 Å². The molecule has 86 heavy (non-hydrogen) atoms. The third-order valence-corrected chi connectivity index (χ3v) is 15.5. The zero-order valence-electron chi connectivity index (χ0n) is 49.9. The lowest BCUT2D eigenvalue weighted by molar-refractivity contribution is 0.130. The number of hydrogen-bond acceptors (Lipinski definition) is 16. The molecule has 26 nitrogen and oxygen atoms in total. The molecule has 10 aromatic rings. The van der Waals surface area contributed by atoms with E-state index in [4.69, 9.17) is 28.9 Å². The van der Waals surface area contributed by atoms with Crippen molar-refractivity contribution < 1.29 is 48.2 Å². The number of aliphatic hydroxyl groups excluding tert-OH is 2. The number of nitrogens with one attached hydrogen (secondary N) is 2. The van der Waals surface area contributed by atoms with Crippen molar-refractivity contribution in [1.29, 1.82) is 0 Å². The Labute approximate surface area is 493 Å². The topological polar surface area (TPSA) is 329 Å². The minimum atomic E-state index is -0.745. The van der Waals surface area contributed by atoms with Crippen LogP contribution in [0.2, 0.25) is 0 Å². The lowest BCUT2D eigenvalue weighted by atomic mass is 9.99. The molecule has 2 saturated carbocycles. The molecule has 0 radical (unpaired) electrons. The van der Waals surface area contributed by atoms with Crippen molar-refractivity contribution in [3.63, 3.8) is 0 Å². The van der Waals surface area contributed by atoms with Crippen molar-refractivity contribution in [2.75, 3.05) is 41.7 Å². The molecule has 0 bridgehead atoms. The molecule has 2 aromatic carbocycles. The summed E-state index contributed by atoms with van der Waals surface area (Å²) in [6.45, 7) is 3.51. The lowest BCUT2D eigenvalue weighted by Gasteiger charge is -2.14. The van der Waals surface area contributed by atoms with Gasteiger partial charge >= 0.3 is 23.6 Å². The van der Waals surface area contributed by atoms with E-state index in [2.05, 4.69) is 41.1 Å². The molecule has 2 aliphatic carbocycles. The normalized spacial score (nSPS) is 14.1. The average molecular weight is 1180 g/mol. The van der Waals surface area contributed by atoms with Crippen LogP contribution in [0.5, 0.6) is 23.3 Å². The van der Waals surface area contributed by atoms with Crippen LogP contribution < -0.4 is 41.8 Å². The molecule has 0 saturated heterocycles. The third-order valence-electron chi connectivity index (χ3n) is 15.5. The SMILES string of the molecule is COC(N)=O.COC(N)=O.COc1nn(C)cc1-c1[nH]c2ncc3c(c2c1-c1ccc(OC(C)CO)cc1)n(C1CCCC1)c(=O)n3C.COc1nn(C)cc1-c1[nH]c2ncc3c(c2c1-c1ccc(O[C@@H](C)CO)cc1)n(C1CCCC1)c(=O)n3C.